The molecule has 0 saturated carbocycles. The number of aromatic nitrogens is 2. The first kappa shape index (κ1) is 24.9. The lowest BCUT2D eigenvalue weighted by Gasteiger charge is -2.33. The Labute approximate surface area is 205 Å². The van der Waals surface area contributed by atoms with Crippen LogP contribution in [0.5, 0.6) is 0 Å². The molecule has 2 fully saturated rings. The van der Waals surface area contributed by atoms with Gasteiger partial charge in [0.2, 0.25) is 0 Å². The third kappa shape index (κ3) is 6.46. The zero-order valence-electron chi connectivity index (χ0n) is 20.5. The van der Waals surface area contributed by atoms with Gasteiger partial charge in [0.1, 0.15) is 11.7 Å². The van der Waals surface area contributed by atoms with Crippen LogP contribution in [0.2, 0.25) is 0 Å². The number of rotatable bonds is 5. The molecule has 2 saturated heterocycles. The fourth-order valence-corrected chi connectivity index (χ4v) is 4.27. The molecular weight excluding hydrogens is 448 g/mol. The predicted octanol–water partition coefficient (Wildman–Crippen LogP) is 3.09. The van der Waals surface area contributed by atoms with Gasteiger partial charge in [-0.15, -0.1) is 0 Å². The Balaban J connectivity index is 1.38. The van der Waals surface area contributed by atoms with Gasteiger partial charge in [0, 0.05) is 31.9 Å². The van der Waals surface area contributed by atoms with Crippen LogP contribution in [0.4, 0.5) is 16.3 Å². The average Bonchev–Trinajstić information content (AvgIpc) is 2.84. The largest absolute Gasteiger partial charge is 0.444 e. The molecule has 10 nitrogen and oxygen atoms in total. The van der Waals surface area contributed by atoms with E-state index in [0.717, 1.165) is 25.1 Å². The zero-order chi connectivity index (χ0) is 25.0. The summed E-state index contributed by atoms with van der Waals surface area (Å²) in [4.78, 5) is 34.9. The van der Waals surface area contributed by atoms with Crippen molar-refractivity contribution in [2.45, 2.75) is 51.2 Å². The van der Waals surface area contributed by atoms with Gasteiger partial charge < -0.3 is 30.7 Å². The van der Waals surface area contributed by atoms with E-state index in [1.165, 1.54) is 5.56 Å². The summed E-state index contributed by atoms with van der Waals surface area (Å²) in [6.07, 6.45) is 2.86. The van der Waals surface area contributed by atoms with Crippen molar-refractivity contribution in [3.8, 4) is 0 Å². The summed E-state index contributed by atoms with van der Waals surface area (Å²) in [7, 11) is 0. The van der Waals surface area contributed by atoms with Gasteiger partial charge in [0.15, 0.2) is 11.5 Å². The van der Waals surface area contributed by atoms with Gasteiger partial charge in [-0.3, -0.25) is 4.79 Å². The Kier molecular flexibility index (Phi) is 7.51. The molecule has 10 heteroatoms. The smallest absolute Gasteiger partial charge is 0.410 e. The maximum absolute atomic E-state index is 12.3. The van der Waals surface area contributed by atoms with Crippen molar-refractivity contribution in [2.24, 2.45) is 5.73 Å². The molecule has 35 heavy (non-hydrogen) atoms. The normalized spacial score (nSPS) is 19.3. The second-order valence-electron chi connectivity index (χ2n) is 9.91. The Hall–Kier alpha value is -3.24. The molecule has 0 bridgehead atoms. The Morgan fingerprint density at radius 2 is 1.91 bits per heavy atom. The maximum Gasteiger partial charge on any atom is 0.410 e. The molecule has 2 aliphatic rings. The second-order valence-corrected chi connectivity index (χ2v) is 9.91. The Bertz CT molecular complexity index is 1040. The van der Waals surface area contributed by atoms with Crippen LogP contribution in [-0.4, -0.2) is 65.3 Å². The highest BCUT2D eigenvalue weighted by Crippen LogP contribution is 2.30. The minimum Gasteiger partial charge on any atom is -0.444 e. The predicted molar refractivity (Wildman–Crippen MR) is 132 cm³/mol. The average molecular weight is 483 g/mol. The van der Waals surface area contributed by atoms with Gasteiger partial charge in [-0.05, 0) is 57.2 Å². The summed E-state index contributed by atoms with van der Waals surface area (Å²) in [5.74, 6) is 0.0227. The third-order valence-electron chi connectivity index (χ3n) is 6.07. The molecule has 2 amide bonds. The maximum atomic E-state index is 12.3. The van der Waals surface area contributed by atoms with Gasteiger partial charge in [0.25, 0.3) is 5.91 Å². The standard InChI is InChI=1S/C25H34N6O4/c1-25(2,3)35-24(33)31-11-8-17(9-12-31)16-4-6-18(7-5-16)29-23-21(22(26)32)30-19(14-28-23)20-15-27-10-13-34-20/h4-7,14,17,20,27H,8-13,15H2,1-3H3,(H2,26,32)(H,28,29). The quantitative estimate of drug-likeness (QED) is 0.592. The summed E-state index contributed by atoms with van der Waals surface area (Å²) < 4.78 is 11.2. The van der Waals surface area contributed by atoms with Gasteiger partial charge in [-0.1, -0.05) is 12.1 Å². The summed E-state index contributed by atoms with van der Waals surface area (Å²) in [6.45, 7) is 8.94. The number of amides is 2. The number of morpholine rings is 1. The summed E-state index contributed by atoms with van der Waals surface area (Å²) >= 11 is 0. The van der Waals surface area contributed by atoms with Crippen molar-refractivity contribution in [2.75, 3.05) is 38.1 Å². The van der Waals surface area contributed by atoms with Crippen LogP contribution in [0.15, 0.2) is 30.5 Å². The topological polar surface area (TPSA) is 132 Å². The second kappa shape index (κ2) is 10.6. The molecule has 4 rings (SSSR count). The van der Waals surface area contributed by atoms with E-state index in [0.29, 0.717) is 43.7 Å². The van der Waals surface area contributed by atoms with Crippen LogP contribution in [0.3, 0.4) is 0 Å². The number of likely N-dealkylation sites (tertiary alicyclic amines) is 1. The number of nitrogens with two attached hydrogens (primary N) is 1. The number of nitrogens with one attached hydrogen (secondary N) is 2. The lowest BCUT2D eigenvalue weighted by Crippen LogP contribution is -2.41. The van der Waals surface area contributed by atoms with E-state index in [9.17, 15) is 9.59 Å². The van der Waals surface area contributed by atoms with E-state index >= 15 is 0 Å². The minimum absolute atomic E-state index is 0.0789. The van der Waals surface area contributed by atoms with Gasteiger partial charge >= 0.3 is 6.09 Å². The first-order chi connectivity index (χ1) is 16.7. The van der Waals surface area contributed by atoms with E-state index in [1.807, 2.05) is 32.9 Å². The molecule has 1 unspecified atom stereocenters. The van der Waals surface area contributed by atoms with Crippen LogP contribution in [-0.2, 0) is 9.47 Å². The number of carbonyl (C=O) groups is 2. The number of carbonyl (C=O) groups excluding carboxylic acids is 2. The number of hydrogen-bond acceptors (Lipinski definition) is 8. The van der Waals surface area contributed by atoms with E-state index < -0.39 is 11.5 Å². The lowest BCUT2D eigenvalue weighted by atomic mass is 9.89. The van der Waals surface area contributed by atoms with Crippen LogP contribution in [0.25, 0.3) is 0 Å². The molecule has 0 spiro atoms. The summed E-state index contributed by atoms with van der Waals surface area (Å²) in [6, 6.07) is 8.01. The highest BCUT2D eigenvalue weighted by molar-refractivity contribution is 5.96. The van der Waals surface area contributed by atoms with Gasteiger partial charge in [-0.2, -0.15) is 0 Å². The molecule has 2 aliphatic heterocycles. The highest BCUT2D eigenvalue weighted by Gasteiger charge is 2.27. The number of ether oxygens (including phenoxy) is 2. The molecule has 188 valence electrons. The summed E-state index contributed by atoms with van der Waals surface area (Å²) in [5, 5.41) is 6.39. The van der Waals surface area contributed by atoms with Crippen molar-refractivity contribution >= 4 is 23.5 Å². The highest BCUT2D eigenvalue weighted by atomic mass is 16.6. The van der Waals surface area contributed by atoms with Crippen LogP contribution in [0.1, 0.15) is 67.4 Å². The van der Waals surface area contributed by atoms with E-state index in [4.69, 9.17) is 15.2 Å². The van der Waals surface area contributed by atoms with Crippen LogP contribution < -0.4 is 16.4 Å². The molecule has 0 aliphatic carbocycles. The molecule has 1 aromatic carbocycles. The molecule has 1 atom stereocenters. The Morgan fingerprint density at radius 1 is 1.20 bits per heavy atom. The first-order valence-electron chi connectivity index (χ1n) is 12.0. The number of hydrogen-bond donors (Lipinski definition) is 3. The van der Waals surface area contributed by atoms with Gasteiger partial charge in [-0.25, -0.2) is 14.8 Å². The van der Waals surface area contributed by atoms with Crippen molar-refractivity contribution in [3.63, 3.8) is 0 Å². The SMILES string of the molecule is CC(C)(C)OC(=O)N1CCC(c2ccc(Nc3ncc(C4CNCCO4)nc3C(N)=O)cc2)CC1. The van der Waals surface area contributed by atoms with Gasteiger partial charge in [0.05, 0.1) is 18.5 Å². The van der Waals surface area contributed by atoms with Crippen molar-refractivity contribution in [1.29, 1.82) is 0 Å². The number of primary amides is 1. The lowest BCUT2D eigenvalue weighted by molar-refractivity contribution is 0.0204. The molecule has 0 radical (unpaired) electrons. The molecule has 2 aromatic rings. The fraction of sp³-hybridized carbons (Fsp3) is 0.520. The van der Waals surface area contributed by atoms with E-state index in [-0.39, 0.29) is 17.9 Å². The van der Waals surface area contributed by atoms with Crippen molar-refractivity contribution in [3.05, 3.63) is 47.4 Å². The number of piperidine rings is 1. The van der Waals surface area contributed by atoms with Crippen LogP contribution >= 0.6 is 0 Å². The molecule has 4 N–H and O–H groups in total. The number of anilines is 2. The monoisotopic (exact) mass is 482 g/mol. The van der Waals surface area contributed by atoms with Crippen LogP contribution in [0, 0.1) is 0 Å². The van der Waals surface area contributed by atoms with Crippen molar-refractivity contribution in [1.82, 2.24) is 20.2 Å². The minimum atomic E-state index is -0.654. The number of benzene rings is 1. The molecule has 3 heterocycles. The molecular formula is C25H34N6O4. The zero-order valence-corrected chi connectivity index (χ0v) is 20.5. The summed E-state index contributed by atoms with van der Waals surface area (Å²) in [5.41, 5.74) is 7.73. The third-order valence-corrected chi connectivity index (χ3v) is 6.07. The van der Waals surface area contributed by atoms with E-state index in [1.54, 1.807) is 11.1 Å². The fourth-order valence-electron chi connectivity index (χ4n) is 4.27. The first-order valence-corrected chi connectivity index (χ1v) is 12.0. The van der Waals surface area contributed by atoms with Crippen molar-refractivity contribution < 1.29 is 19.1 Å². The van der Waals surface area contributed by atoms with E-state index in [2.05, 4.69) is 32.7 Å². The number of nitrogens with zero attached hydrogens (tertiary/aromatic N) is 3. The molecule has 1 aromatic heterocycles. The Morgan fingerprint density at radius 3 is 2.51 bits per heavy atom.